The highest BCUT2D eigenvalue weighted by Crippen LogP contribution is 2.31. The van der Waals surface area contributed by atoms with Gasteiger partial charge in [0.25, 0.3) is 0 Å². The SMILES string of the molecule is CCNCc1nnc(Nc2cc(OC)ccc2OC)o1. The van der Waals surface area contributed by atoms with Crippen molar-refractivity contribution in [3.63, 3.8) is 0 Å². The Kier molecular flexibility index (Phi) is 4.78. The number of nitrogens with one attached hydrogen (secondary N) is 2. The Morgan fingerprint density at radius 2 is 2.05 bits per heavy atom. The van der Waals surface area contributed by atoms with Gasteiger partial charge in [-0.1, -0.05) is 12.0 Å². The fraction of sp³-hybridized carbons (Fsp3) is 0.385. The van der Waals surface area contributed by atoms with Crippen LogP contribution in [0.25, 0.3) is 0 Å². The lowest BCUT2D eigenvalue weighted by Crippen LogP contribution is -2.11. The second kappa shape index (κ2) is 6.76. The molecule has 0 amide bonds. The number of anilines is 2. The highest BCUT2D eigenvalue weighted by Gasteiger charge is 2.10. The molecule has 0 spiro atoms. The van der Waals surface area contributed by atoms with Crippen molar-refractivity contribution in [2.75, 3.05) is 26.1 Å². The summed E-state index contributed by atoms with van der Waals surface area (Å²) in [5.74, 6) is 1.90. The van der Waals surface area contributed by atoms with Crippen LogP contribution in [0.2, 0.25) is 0 Å². The van der Waals surface area contributed by atoms with Gasteiger partial charge in [0.15, 0.2) is 0 Å². The molecule has 0 aliphatic carbocycles. The average Bonchev–Trinajstić information content (AvgIpc) is 2.92. The third kappa shape index (κ3) is 3.39. The molecule has 0 unspecified atom stereocenters. The van der Waals surface area contributed by atoms with Crippen LogP contribution in [-0.4, -0.2) is 31.0 Å². The highest BCUT2D eigenvalue weighted by atomic mass is 16.5. The van der Waals surface area contributed by atoms with E-state index < -0.39 is 0 Å². The number of benzene rings is 1. The standard InChI is InChI=1S/C13H18N4O3/c1-4-14-8-12-16-17-13(20-12)15-10-7-9(18-2)5-6-11(10)19-3/h5-7,14H,4,8H2,1-3H3,(H,15,17). The third-order valence-corrected chi connectivity index (χ3v) is 2.64. The summed E-state index contributed by atoms with van der Waals surface area (Å²) in [5, 5.41) is 14.0. The van der Waals surface area contributed by atoms with E-state index >= 15 is 0 Å². The molecular formula is C13H18N4O3. The van der Waals surface area contributed by atoms with Crippen LogP contribution in [0.4, 0.5) is 11.7 Å². The van der Waals surface area contributed by atoms with E-state index in [1.807, 2.05) is 13.0 Å². The Hall–Kier alpha value is -2.28. The van der Waals surface area contributed by atoms with Crippen molar-refractivity contribution in [1.29, 1.82) is 0 Å². The van der Waals surface area contributed by atoms with E-state index in [1.54, 1.807) is 26.4 Å². The summed E-state index contributed by atoms with van der Waals surface area (Å²) in [7, 11) is 3.20. The number of ether oxygens (including phenoxy) is 2. The fourth-order valence-corrected chi connectivity index (χ4v) is 1.63. The van der Waals surface area contributed by atoms with Gasteiger partial charge >= 0.3 is 6.01 Å². The number of aromatic nitrogens is 2. The normalized spacial score (nSPS) is 10.3. The molecule has 20 heavy (non-hydrogen) atoms. The molecule has 108 valence electrons. The second-order valence-electron chi connectivity index (χ2n) is 3.97. The van der Waals surface area contributed by atoms with Gasteiger partial charge < -0.3 is 24.5 Å². The van der Waals surface area contributed by atoms with Gasteiger partial charge in [0, 0.05) is 6.07 Å². The monoisotopic (exact) mass is 278 g/mol. The van der Waals surface area contributed by atoms with Crippen LogP contribution >= 0.6 is 0 Å². The zero-order chi connectivity index (χ0) is 14.4. The van der Waals surface area contributed by atoms with Gasteiger partial charge in [-0.25, -0.2) is 0 Å². The van der Waals surface area contributed by atoms with Crippen molar-refractivity contribution in [2.24, 2.45) is 0 Å². The topological polar surface area (TPSA) is 81.4 Å². The summed E-state index contributed by atoms with van der Waals surface area (Å²) in [6.07, 6.45) is 0. The minimum atomic E-state index is 0.310. The van der Waals surface area contributed by atoms with E-state index in [4.69, 9.17) is 13.9 Å². The number of hydrogen-bond donors (Lipinski definition) is 2. The number of rotatable bonds is 7. The van der Waals surface area contributed by atoms with Crippen LogP contribution in [-0.2, 0) is 6.54 Å². The van der Waals surface area contributed by atoms with Gasteiger partial charge in [0.2, 0.25) is 5.89 Å². The molecule has 1 heterocycles. The van der Waals surface area contributed by atoms with Gasteiger partial charge in [-0.2, -0.15) is 0 Å². The van der Waals surface area contributed by atoms with Gasteiger partial charge in [-0.3, -0.25) is 0 Å². The minimum absolute atomic E-state index is 0.310. The van der Waals surface area contributed by atoms with Crippen LogP contribution in [0, 0.1) is 0 Å². The first-order valence-electron chi connectivity index (χ1n) is 6.29. The Morgan fingerprint density at radius 1 is 1.20 bits per heavy atom. The van der Waals surface area contributed by atoms with Crippen molar-refractivity contribution < 1.29 is 13.9 Å². The maximum Gasteiger partial charge on any atom is 0.320 e. The predicted molar refractivity (Wildman–Crippen MR) is 74.5 cm³/mol. The lowest BCUT2D eigenvalue weighted by Gasteiger charge is -2.09. The highest BCUT2D eigenvalue weighted by molar-refractivity contribution is 5.64. The van der Waals surface area contributed by atoms with Crippen LogP contribution < -0.4 is 20.1 Å². The molecular weight excluding hydrogens is 260 g/mol. The van der Waals surface area contributed by atoms with E-state index in [-0.39, 0.29) is 0 Å². The number of hydrogen-bond acceptors (Lipinski definition) is 7. The molecule has 2 aromatic rings. The minimum Gasteiger partial charge on any atom is -0.497 e. The fourth-order valence-electron chi connectivity index (χ4n) is 1.63. The molecule has 7 heteroatoms. The van der Waals surface area contributed by atoms with E-state index in [0.29, 0.717) is 35.6 Å². The largest absolute Gasteiger partial charge is 0.497 e. The average molecular weight is 278 g/mol. The lowest BCUT2D eigenvalue weighted by molar-refractivity contribution is 0.404. The maximum atomic E-state index is 5.47. The van der Waals surface area contributed by atoms with Crippen LogP contribution in [0.1, 0.15) is 12.8 Å². The molecule has 0 saturated carbocycles. The van der Waals surface area contributed by atoms with Crippen molar-refractivity contribution in [3.8, 4) is 11.5 Å². The first-order valence-corrected chi connectivity index (χ1v) is 6.29. The van der Waals surface area contributed by atoms with E-state index in [1.165, 1.54) is 0 Å². The van der Waals surface area contributed by atoms with Crippen LogP contribution in [0.3, 0.4) is 0 Å². The molecule has 1 aromatic carbocycles. The quantitative estimate of drug-likeness (QED) is 0.801. The maximum absolute atomic E-state index is 5.47. The van der Waals surface area contributed by atoms with Gasteiger partial charge in [0.1, 0.15) is 11.5 Å². The second-order valence-corrected chi connectivity index (χ2v) is 3.97. The first-order chi connectivity index (χ1) is 9.76. The summed E-state index contributed by atoms with van der Waals surface area (Å²) < 4.78 is 15.9. The van der Waals surface area contributed by atoms with E-state index in [9.17, 15) is 0 Å². The lowest BCUT2D eigenvalue weighted by atomic mass is 10.2. The molecule has 0 aliphatic rings. The summed E-state index contributed by atoms with van der Waals surface area (Å²) in [6.45, 7) is 3.39. The summed E-state index contributed by atoms with van der Waals surface area (Å²) >= 11 is 0. The molecule has 2 N–H and O–H groups in total. The molecule has 2 rings (SSSR count). The molecule has 0 atom stereocenters. The smallest absolute Gasteiger partial charge is 0.320 e. The molecule has 0 saturated heterocycles. The molecule has 0 aliphatic heterocycles. The summed E-state index contributed by atoms with van der Waals surface area (Å²) in [4.78, 5) is 0. The number of methoxy groups -OCH3 is 2. The third-order valence-electron chi connectivity index (χ3n) is 2.64. The van der Waals surface area contributed by atoms with E-state index in [2.05, 4.69) is 20.8 Å². The summed E-state index contributed by atoms with van der Waals surface area (Å²) in [5.41, 5.74) is 0.700. The number of nitrogens with zero attached hydrogens (tertiary/aromatic N) is 2. The zero-order valence-corrected chi connectivity index (χ0v) is 11.8. The van der Waals surface area contributed by atoms with Crippen molar-refractivity contribution in [3.05, 3.63) is 24.1 Å². The van der Waals surface area contributed by atoms with E-state index in [0.717, 1.165) is 6.54 Å². The van der Waals surface area contributed by atoms with Crippen LogP contribution in [0.5, 0.6) is 11.5 Å². The van der Waals surface area contributed by atoms with Gasteiger partial charge in [-0.05, 0) is 18.7 Å². The Labute approximate surface area is 117 Å². The first kappa shape index (κ1) is 14.1. The summed E-state index contributed by atoms with van der Waals surface area (Å²) in [6, 6.07) is 5.72. The Morgan fingerprint density at radius 3 is 2.75 bits per heavy atom. The Bertz CT molecular complexity index is 556. The van der Waals surface area contributed by atoms with Gasteiger partial charge in [-0.15, -0.1) is 5.10 Å². The van der Waals surface area contributed by atoms with Crippen molar-refractivity contribution >= 4 is 11.7 Å². The molecule has 0 radical (unpaired) electrons. The van der Waals surface area contributed by atoms with Crippen molar-refractivity contribution in [1.82, 2.24) is 15.5 Å². The zero-order valence-electron chi connectivity index (χ0n) is 11.8. The van der Waals surface area contributed by atoms with Crippen molar-refractivity contribution in [2.45, 2.75) is 13.5 Å². The molecule has 1 aromatic heterocycles. The van der Waals surface area contributed by atoms with Gasteiger partial charge in [0.05, 0.1) is 26.5 Å². The molecule has 7 nitrogen and oxygen atoms in total. The molecule has 0 fully saturated rings. The Balaban J connectivity index is 2.14. The van der Waals surface area contributed by atoms with Crippen LogP contribution in [0.15, 0.2) is 22.6 Å². The molecule has 0 bridgehead atoms. The predicted octanol–water partition coefficient (Wildman–Crippen LogP) is 1.94.